The van der Waals surface area contributed by atoms with Gasteiger partial charge in [-0.1, -0.05) is 6.07 Å². The zero-order valence-corrected chi connectivity index (χ0v) is 13.7. The van der Waals surface area contributed by atoms with Gasteiger partial charge in [0.2, 0.25) is 11.0 Å². The fourth-order valence-electron chi connectivity index (χ4n) is 2.06. The Hall–Kier alpha value is -1.06. The quantitative estimate of drug-likeness (QED) is 0.885. The second kappa shape index (κ2) is 7.28. The van der Waals surface area contributed by atoms with Crippen LogP contribution in [-0.2, 0) is 9.53 Å². The highest BCUT2D eigenvalue weighted by atomic mass is 35.5. The standard InChI is InChI=1S/C12H14N4O2S2.ClH/c1-18-7-5-8(13-6-7)11(17)15-12-14-10(16-20-12)9-3-2-4-19-9;/h2-4,7-8,13H,5-6H2,1H3,(H,14,15,16,17);1H/t7-,8+;/m0./s1. The minimum Gasteiger partial charge on any atom is -0.380 e. The molecule has 114 valence electrons. The number of carbonyl (C=O) groups is 1. The molecule has 0 saturated carbocycles. The van der Waals surface area contributed by atoms with Crippen molar-refractivity contribution < 1.29 is 9.53 Å². The van der Waals surface area contributed by atoms with E-state index in [4.69, 9.17) is 4.74 Å². The first-order chi connectivity index (χ1) is 9.76. The fourth-order valence-corrected chi connectivity index (χ4v) is 3.36. The Morgan fingerprint density at radius 2 is 2.43 bits per heavy atom. The number of halogens is 1. The minimum atomic E-state index is -0.228. The summed E-state index contributed by atoms with van der Waals surface area (Å²) in [5.41, 5.74) is 0. The maximum Gasteiger partial charge on any atom is 0.243 e. The lowest BCUT2D eigenvalue weighted by Crippen LogP contribution is -2.35. The van der Waals surface area contributed by atoms with Gasteiger partial charge in [-0.05, 0) is 17.9 Å². The van der Waals surface area contributed by atoms with Crippen LogP contribution in [0.3, 0.4) is 0 Å². The van der Waals surface area contributed by atoms with Gasteiger partial charge in [0, 0.05) is 25.2 Å². The molecule has 1 aliphatic heterocycles. The second-order valence-electron chi connectivity index (χ2n) is 4.44. The highest BCUT2D eigenvalue weighted by Crippen LogP contribution is 2.25. The fraction of sp³-hybridized carbons (Fsp3) is 0.417. The number of aromatic nitrogens is 2. The molecule has 0 spiro atoms. The average Bonchev–Trinajstić information content (AvgIpc) is 3.19. The van der Waals surface area contributed by atoms with Crippen molar-refractivity contribution in [2.45, 2.75) is 18.6 Å². The highest BCUT2D eigenvalue weighted by molar-refractivity contribution is 7.14. The van der Waals surface area contributed by atoms with Crippen LogP contribution in [0.4, 0.5) is 5.13 Å². The normalized spacial score (nSPS) is 21.0. The Morgan fingerprint density at radius 3 is 3.10 bits per heavy atom. The number of methoxy groups -OCH3 is 1. The van der Waals surface area contributed by atoms with Gasteiger partial charge >= 0.3 is 0 Å². The largest absolute Gasteiger partial charge is 0.380 e. The third-order valence-electron chi connectivity index (χ3n) is 3.14. The summed E-state index contributed by atoms with van der Waals surface area (Å²) in [6, 6.07) is 3.68. The number of nitrogens with one attached hydrogen (secondary N) is 2. The van der Waals surface area contributed by atoms with Gasteiger partial charge in [-0.15, -0.1) is 23.7 Å². The molecular formula is C12H15ClN4O2S2. The van der Waals surface area contributed by atoms with Gasteiger partial charge in [0.25, 0.3) is 0 Å². The molecule has 1 fully saturated rings. The van der Waals surface area contributed by atoms with Crippen LogP contribution < -0.4 is 10.6 Å². The van der Waals surface area contributed by atoms with E-state index in [1.54, 1.807) is 18.4 Å². The number of ether oxygens (including phenoxy) is 1. The molecule has 2 aromatic rings. The number of amides is 1. The SMILES string of the molecule is CO[C@@H]1CN[C@@H](C(=O)Nc2nc(-c3cccs3)ns2)C1.Cl. The van der Waals surface area contributed by atoms with E-state index in [0.717, 1.165) is 4.88 Å². The number of hydrogen-bond donors (Lipinski definition) is 2. The number of anilines is 1. The maximum absolute atomic E-state index is 12.1. The molecule has 0 bridgehead atoms. The van der Waals surface area contributed by atoms with Crippen LogP contribution in [-0.4, -0.2) is 41.1 Å². The lowest BCUT2D eigenvalue weighted by atomic mass is 10.2. The first kappa shape index (κ1) is 16.3. The minimum absolute atomic E-state index is 0. The summed E-state index contributed by atoms with van der Waals surface area (Å²) in [6.07, 6.45) is 0.778. The van der Waals surface area contributed by atoms with Crippen LogP contribution in [0.1, 0.15) is 6.42 Å². The number of rotatable bonds is 4. The molecule has 0 unspecified atom stereocenters. The molecule has 1 amide bonds. The predicted molar refractivity (Wildman–Crippen MR) is 86.3 cm³/mol. The molecule has 2 aromatic heterocycles. The van der Waals surface area contributed by atoms with Crippen molar-refractivity contribution >= 4 is 46.3 Å². The van der Waals surface area contributed by atoms with Crippen molar-refractivity contribution in [3.63, 3.8) is 0 Å². The molecule has 0 aliphatic carbocycles. The summed E-state index contributed by atoms with van der Waals surface area (Å²) >= 11 is 2.77. The molecule has 3 heterocycles. The smallest absolute Gasteiger partial charge is 0.243 e. The molecule has 2 atom stereocenters. The Balaban J connectivity index is 0.00000161. The van der Waals surface area contributed by atoms with E-state index in [1.165, 1.54) is 11.5 Å². The molecular weight excluding hydrogens is 332 g/mol. The van der Waals surface area contributed by atoms with Gasteiger partial charge in [-0.25, -0.2) is 0 Å². The molecule has 3 rings (SSSR count). The predicted octanol–water partition coefficient (Wildman–Crippen LogP) is 2.00. The van der Waals surface area contributed by atoms with Crippen LogP contribution in [0, 0.1) is 0 Å². The zero-order chi connectivity index (χ0) is 13.9. The number of thiophene rings is 1. The van der Waals surface area contributed by atoms with E-state index < -0.39 is 0 Å². The summed E-state index contributed by atoms with van der Waals surface area (Å²) in [5, 5.41) is 8.44. The van der Waals surface area contributed by atoms with Crippen LogP contribution in [0.15, 0.2) is 17.5 Å². The lowest BCUT2D eigenvalue weighted by molar-refractivity contribution is -0.118. The Bertz CT molecular complexity index is 590. The van der Waals surface area contributed by atoms with Gasteiger partial charge in [-0.3, -0.25) is 10.1 Å². The third-order valence-corrected chi connectivity index (χ3v) is 4.63. The second-order valence-corrected chi connectivity index (χ2v) is 6.14. The van der Waals surface area contributed by atoms with Crippen molar-refractivity contribution in [3.05, 3.63) is 17.5 Å². The van der Waals surface area contributed by atoms with E-state index in [2.05, 4.69) is 20.0 Å². The molecule has 2 N–H and O–H groups in total. The third kappa shape index (κ3) is 3.78. The summed E-state index contributed by atoms with van der Waals surface area (Å²) in [4.78, 5) is 17.4. The highest BCUT2D eigenvalue weighted by Gasteiger charge is 2.29. The van der Waals surface area contributed by atoms with Gasteiger partial charge in [0.15, 0.2) is 5.82 Å². The Morgan fingerprint density at radius 1 is 1.57 bits per heavy atom. The van der Waals surface area contributed by atoms with Crippen LogP contribution in [0.25, 0.3) is 10.7 Å². The molecule has 0 aromatic carbocycles. The molecule has 21 heavy (non-hydrogen) atoms. The topological polar surface area (TPSA) is 76.1 Å². The van der Waals surface area contributed by atoms with Crippen molar-refractivity contribution in [1.82, 2.24) is 14.7 Å². The summed E-state index contributed by atoms with van der Waals surface area (Å²) in [5.74, 6) is 0.577. The van der Waals surface area contributed by atoms with Crippen LogP contribution >= 0.6 is 35.3 Å². The Kier molecular flexibility index (Phi) is 5.65. The Labute approximate surface area is 136 Å². The monoisotopic (exact) mass is 346 g/mol. The summed E-state index contributed by atoms with van der Waals surface area (Å²) in [6.45, 7) is 0.700. The zero-order valence-electron chi connectivity index (χ0n) is 11.2. The summed E-state index contributed by atoms with van der Waals surface area (Å²) in [7, 11) is 1.66. The number of hydrogen-bond acceptors (Lipinski definition) is 7. The van der Waals surface area contributed by atoms with E-state index >= 15 is 0 Å². The lowest BCUT2D eigenvalue weighted by Gasteiger charge is -2.08. The summed E-state index contributed by atoms with van der Waals surface area (Å²) < 4.78 is 9.48. The van der Waals surface area contributed by atoms with E-state index in [9.17, 15) is 4.79 Å². The van der Waals surface area contributed by atoms with Crippen molar-refractivity contribution in [2.24, 2.45) is 0 Å². The molecule has 6 nitrogen and oxygen atoms in total. The van der Waals surface area contributed by atoms with Gasteiger partial charge in [0.05, 0.1) is 17.0 Å². The van der Waals surface area contributed by atoms with E-state index in [0.29, 0.717) is 23.9 Å². The van der Waals surface area contributed by atoms with Gasteiger partial charge in [0.1, 0.15) is 0 Å². The van der Waals surface area contributed by atoms with Gasteiger partial charge in [-0.2, -0.15) is 9.36 Å². The van der Waals surface area contributed by atoms with Crippen LogP contribution in [0.2, 0.25) is 0 Å². The molecule has 0 radical (unpaired) electrons. The van der Waals surface area contributed by atoms with Crippen molar-refractivity contribution in [1.29, 1.82) is 0 Å². The van der Waals surface area contributed by atoms with Crippen molar-refractivity contribution in [2.75, 3.05) is 19.0 Å². The number of nitrogens with zero attached hydrogens (tertiary/aromatic N) is 2. The first-order valence-corrected chi connectivity index (χ1v) is 7.86. The van der Waals surface area contributed by atoms with Crippen molar-refractivity contribution in [3.8, 4) is 10.7 Å². The first-order valence-electron chi connectivity index (χ1n) is 6.21. The maximum atomic E-state index is 12.1. The van der Waals surface area contributed by atoms with E-state index in [-0.39, 0.29) is 30.5 Å². The van der Waals surface area contributed by atoms with Gasteiger partial charge < -0.3 is 10.1 Å². The molecule has 1 saturated heterocycles. The number of carbonyl (C=O) groups excluding carboxylic acids is 1. The molecule has 1 aliphatic rings. The molecule has 9 heteroatoms. The average molecular weight is 347 g/mol. The van der Waals surface area contributed by atoms with E-state index in [1.807, 2.05) is 17.5 Å². The van der Waals surface area contributed by atoms with Crippen LogP contribution in [0.5, 0.6) is 0 Å².